The molecule has 7 heteroatoms. The molecule has 1 aromatic carbocycles. The number of halogens is 4. The molecule has 0 spiro atoms. The van der Waals surface area contributed by atoms with Crippen LogP contribution in [0.15, 0.2) is 18.2 Å². The third-order valence-electron chi connectivity index (χ3n) is 3.20. The molecule has 1 fully saturated rings. The number of nitrogens with one attached hydrogen (secondary N) is 1. The largest absolute Gasteiger partial charge is 0.416 e. The smallest absolute Gasteiger partial charge is 0.334 e. The Labute approximate surface area is 113 Å². The lowest BCUT2D eigenvalue weighted by molar-refractivity contribution is -0.137. The SMILES string of the molecule is O=C(NCc1ccc(C(F)(F)F)cc1F)N1CCCC1. The van der Waals surface area contributed by atoms with Gasteiger partial charge in [-0.15, -0.1) is 0 Å². The van der Waals surface area contributed by atoms with Crippen LogP contribution in [0.3, 0.4) is 0 Å². The third-order valence-corrected chi connectivity index (χ3v) is 3.20. The summed E-state index contributed by atoms with van der Waals surface area (Å²) in [6.07, 6.45) is -2.71. The van der Waals surface area contributed by atoms with Crippen LogP contribution in [0.2, 0.25) is 0 Å². The number of carbonyl (C=O) groups is 1. The van der Waals surface area contributed by atoms with Crippen molar-refractivity contribution in [3.63, 3.8) is 0 Å². The molecule has 1 saturated heterocycles. The highest BCUT2D eigenvalue weighted by molar-refractivity contribution is 5.74. The normalized spacial score (nSPS) is 15.5. The van der Waals surface area contributed by atoms with Gasteiger partial charge in [-0.05, 0) is 25.0 Å². The zero-order valence-corrected chi connectivity index (χ0v) is 10.6. The number of nitrogens with zero attached hydrogens (tertiary/aromatic N) is 1. The zero-order chi connectivity index (χ0) is 14.8. The maximum atomic E-state index is 13.5. The Morgan fingerprint density at radius 2 is 1.90 bits per heavy atom. The summed E-state index contributed by atoms with van der Waals surface area (Å²) in [6, 6.07) is 1.97. The lowest BCUT2D eigenvalue weighted by atomic mass is 10.1. The molecule has 1 N–H and O–H groups in total. The molecule has 0 saturated carbocycles. The van der Waals surface area contributed by atoms with Crippen molar-refractivity contribution in [3.05, 3.63) is 35.1 Å². The van der Waals surface area contributed by atoms with Crippen molar-refractivity contribution in [1.82, 2.24) is 10.2 Å². The van der Waals surface area contributed by atoms with E-state index in [1.807, 2.05) is 0 Å². The second-order valence-electron chi connectivity index (χ2n) is 4.66. The first-order valence-corrected chi connectivity index (χ1v) is 6.26. The summed E-state index contributed by atoms with van der Waals surface area (Å²) < 4.78 is 50.7. The van der Waals surface area contributed by atoms with Gasteiger partial charge in [-0.2, -0.15) is 13.2 Å². The van der Waals surface area contributed by atoms with Crippen molar-refractivity contribution in [2.75, 3.05) is 13.1 Å². The number of hydrogen-bond donors (Lipinski definition) is 1. The Balaban J connectivity index is 1.98. The highest BCUT2D eigenvalue weighted by Crippen LogP contribution is 2.30. The molecule has 0 unspecified atom stereocenters. The zero-order valence-electron chi connectivity index (χ0n) is 10.6. The van der Waals surface area contributed by atoms with Gasteiger partial charge in [0.15, 0.2) is 0 Å². The molecule has 110 valence electrons. The fourth-order valence-electron chi connectivity index (χ4n) is 2.07. The summed E-state index contributed by atoms with van der Waals surface area (Å²) in [5.41, 5.74) is -1.00. The van der Waals surface area contributed by atoms with E-state index in [2.05, 4.69) is 5.32 Å². The lowest BCUT2D eigenvalue weighted by Gasteiger charge is -2.16. The van der Waals surface area contributed by atoms with Crippen LogP contribution in [0.5, 0.6) is 0 Å². The maximum absolute atomic E-state index is 13.5. The standard InChI is InChI=1S/C13H14F4N2O/c14-11-7-10(13(15,16)17)4-3-9(11)8-18-12(20)19-5-1-2-6-19/h3-4,7H,1-2,5-6,8H2,(H,18,20). The lowest BCUT2D eigenvalue weighted by Crippen LogP contribution is -2.37. The highest BCUT2D eigenvalue weighted by Gasteiger charge is 2.31. The second kappa shape index (κ2) is 5.68. The van der Waals surface area contributed by atoms with Crippen LogP contribution in [0.4, 0.5) is 22.4 Å². The van der Waals surface area contributed by atoms with E-state index in [1.54, 1.807) is 4.90 Å². The quantitative estimate of drug-likeness (QED) is 0.834. The number of likely N-dealkylation sites (tertiary alicyclic amines) is 1. The minimum absolute atomic E-state index is 0.0329. The molecule has 2 amide bonds. The molecule has 3 nitrogen and oxygen atoms in total. The number of benzene rings is 1. The molecular weight excluding hydrogens is 276 g/mol. The van der Waals surface area contributed by atoms with E-state index >= 15 is 0 Å². The Morgan fingerprint density at radius 3 is 2.45 bits per heavy atom. The van der Waals surface area contributed by atoms with Gasteiger partial charge in [0.2, 0.25) is 0 Å². The maximum Gasteiger partial charge on any atom is 0.416 e. The molecule has 0 aromatic heterocycles. The summed E-state index contributed by atoms with van der Waals surface area (Å²) >= 11 is 0. The van der Waals surface area contributed by atoms with Crippen LogP contribution in [-0.4, -0.2) is 24.0 Å². The van der Waals surface area contributed by atoms with Crippen LogP contribution in [0.25, 0.3) is 0 Å². The first kappa shape index (κ1) is 14.6. The number of rotatable bonds is 2. The molecular formula is C13H14F4N2O. The predicted octanol–water partition coefficient (Wildman–Crippen LogP) is 3.15. The molecule has 1 aliphatic heterocycles. The van der Waals surface area contributed by atoms with Crippen molar-refractivity contribution < 1.29 is 22.4 Å². The Kier molecular flexibility index (Phi) is 4.15. The number of hydrogen-bond acceptors (Lipinski definition) is 1. The van der Waals surface area contributed by atoms with Gasteiger partial charge < -0.3 is 10.2 Å². The first-order chi connectivity index (χ1) is 9.38. The third kappa shape index (κ3) is 3.40. The molecule has 20 heavy (non-hydrogen) atoms. The van der Waals surface area contributed by atoms with E-state index < -0.39 is 17.6 Å². The number of alkyl halides is 3. The molecule has 1 aromatic rings. The minimum atomic E-state index is -4.57. The number of urea groups is 1. The highest BCUT2D eigenvalue weighted by atomic mass is 19.4. The van der Waals surface area contributed by atoms with Gasteiger partial charge in [-0.1, -0.05) is 6.07 Å². The molecule has 0 bridgehead atoms. The number of amides is 2. The summed E-state index contributed by atoms with van der Waals surface area (Å²) in [4.78, 5) is 13.3. The molecule has 1 aliphatic rings. The second-order valence-corrected chi connectivity index (χ2v) is 4.66. The van der Waals surface area contributed by atoms with Gasteiger partial charge in [0.25, 0.3) is 0 Å². The van der Waals surface area contributed by atoms with E-state index in [9.17, 15) is 22.4 Å². The van der Waals surface area contributed by atoms with Gasteiger partial charge in [-0.25, -0.2) is 9.18 Å². The minimum Gasteiger partial charge on any atom is -0.334 e. The van der Waals surface area contributed by atoms with Gasteiger partial charge >= 0.3 is 12.2 Å². The molecule has 0 atom stereocenters. The number of carbonyl (C=O) groups excluding carboxylic acids is 1. The van der Waals surface area contributed by atoms with Gasteiger partial charge in [-0.3, -0.25) is 0 Å². The Hall–Kier alpha value is -1.79. The van der Waals surface area contributed by atoms with Crippen LogP contribution in [0, 0.1) is 5.82 Å². The summed E-state index contributed by atoms with van der Waals surface area (Å²) in [5, 5.41) is 2.51. The van der Waals surface area contributed by atoms with Crippen molar-refractivity contribution in [3.8, 4) is 0 Å². The molecule has 1 heterocycles. The van der Waals surface area contributed by atoms with Gasteiger partial charge in [0.1, 0.15) is 5.82 Å². The van der Waals surface area contributed by atoms with E-state index in [0.717, 1.165) is 25.0 Å². The topological polar surface area (TPSA) is 32.3 Å². The van der Waals surface area contributed by atoms with E-state index in [1.165, 1.54) is 0 Å². The molecule has 0 radical (unpaired) electrons. The first-order valence-electron chi connectivity index (χ1n) is 6.26. The van der Waals surface area contributed by atoms with Gasteiger partial charge in [0, 0.05) is 25.2 Å². The molecule has 0 aliphatic carbocycles. The van der Waals surface area contributed by atoms with Crippen molar-refractivity contribution in [2.24, 2.45) is 0 Å². The van der Waals surface area contributed by atoms with Crippen LogP contribution < -0.4 is 5.32 Å². The van der Waals surface area contributed by atoms with Crippen LogP contribution in [-0.2, 0) is 12.7 Å². The van der Waals surface area contributed by atoms with Crippen molar-refractivity contribution >= 4 is 6.03 Å². The van der Waals surface area contributed by atoms with Crippen molar-refractivity contribution in [1.29, 1.82) is 0 Å². The summed E-state index contributed by atoms with van der Waals surface area (Å²) in [5.74, 6) is -0.971. The van der Waals surface area contributed by atoms with Crippen LogP contribution >= 0.6 is 0 Å². The Bertz CT molecular complexity index is 496. The van der Waals surface area contributed by atoms with E-state index in [0.29, 0.717) is 19.2 Å². The Morgan fingerprint density at radius 1 is 1.25 bits per heavy atom. The van der Waals surface area contributed by atoms with Crippen molar-refractivity contribution in [2.45, 2.75) is 25.6 Å². The average Bonchev–Trinajstić information content (AvgIpc) is 2.89. The fourth-order valence-corrected chi connectivity index (χ4v) is 2.07. The summed E-state index contributed by atoms with van der Waals surface area (Å²) in [7, 11) is 0. The molecule has 2 rings (SSSR count). The van der Waals surface area contributed by atoms with Crippen LogP contribution in [0.1, 0.15) is 24.0 Å². The summed E-state index contributed by atoms with van der Waals surface area (Å²) in [6.45, 7) is 1.18. The van der Waals surface area contributed by atoms with Gasteiger partial charge in [0.05, 0.1) is 5.56 Å². The predicted molar refractivity (Wildman–Crippen MR) is 64.4 cm³/mol. The van der Waals surface area contributed by atoms with E-state index in [4.69, 9.17) is 0 Å². The fraction of sp³-hybridized carbons (Fsp3) is 0.462. The monoisotopic (exact) mass is 290 g/mol. The average molecular weight is 290 g/mol. The van der Waals surface area contributed by atoms with E-state index in [-0.39, 0.29) is 18.1 Å².